The number of phosphoric ester groups is 1. The van der Waals surface area contributed by atoms with Crippen LogP contribution in [0.5, 0.6) is 5.75 Å². The normalized spacial score (nSPS) is 22.8. The summed E-state index contributed by atoms with van der Waals surface area (Å²) in [5.41, 5.74) is 3.59. The first-order valence-corrected chi connectivity index (χ1v) is 35.0. The first-order valence-electron chi connectivity index (χ1n) is 27.4. The summed E-state index contributed by atoms with van der Waals surface area (Å²) in [7, 11) is -26.7. The lowest BCUT2D eigenvalue weighted by Crippen LogP contribution is -2.44. The summed E-state index contributed by atoms with van der Waals surface area (Å²) in [6.45, 7) is 9.73. The van der Waals surface area contributed by atoms with E-state index in [9.17, 15) is 74.0 Å². The minimum absolute atomic E-state index is 0.00268. The number of allylic oxidation sites excluding steroid dienone is 8. The van der Waals surface area contributed by atoms with Crippen LogP contribution in [0.2, 0.25) is 0 Å². The zero-order valence-electron chi connectivity index (χ0n) is 48.4. The molecule has 4 aliphatic rings. The number of carbonyl (C=O) groups excluding carboxylic acids is 1. The Balaban J connectivity index is 0.997. The van der Waals surface area contributed by atoms with E-state index in [4.69, 9.17) is 19.3 Å². The highest BCUT2D eigenvalue weighted by Crippen LogP contribution is 2.66. The van der Waals surface area contributed by atoms with E-state index in [1.807, 2.05) is 53.5 Å². The number of hydrogen-bond acceptors (Lipinski definition) is 19. The summed E-state index contributed by atoms with van der Waals surface area (Å²) in [5.74, 6) is 0.130. The minimum atomic E-state index is -5.90. The van der Waals surface area contributed by atoms with E-state index in [-0.39, 0.29) is 49.9 Å². The van der Waals surface area contributed by atoms with Gasteiger partial charge in [0.25, 0.3) is 15.7 Å². The van der Waals surface area contributed by atoms with Crippen LogP contribution in [0.15, 0.2) is 130 Å². The Morgan fingerprint density at radius 3 is 2.30 bits per heavy atom. The maximum Gasteiger partial charge on any atom is 0.490 e. The molecule has 0 bridgehead atoms. The first-order chi connectivity index (χ1) is 41.5. The zero-order chi connectivity index (χ0) is 65.2. The van der Waals surface area contributed by atoms with E-state index in [0.717, 1.165) is 46.3 Å². The van der Waals surface area contributed by atoms with Crippen molar-refractivity contribution in [3.05, 3.63) is 164 Å². The SMILES string of the molecule is CCN1c2cc3c(cc2C(C)=CC1(C)C)C(=CC=CC=CC1=[N+](CCCS(=O)(=O)[O-])c2ccc(S(=O)(=O)O)cc2C1(C)CCCC(=O)NC/C=C/c1cn([C@@H]2O[C@H](COP(=O)(O)OP(=O)(O)OP(=O)(O)O)[C@@H](O)[C@H]2O)c(=O)[nH]c1=O)C=C(c1ccccc1)O3. The Bertz CT molecular complexity index is 4170. The number of nitrogens with zero attached hydrogens (tertiary/aromatic N) is 3. The number of likely N-dealkylation sites (N-methyl/N-ethyl adjacent to an activating group) is 1. The molecule has 28 nitrogen and oxygen atoms in total. The molecule has 7 atom stereocenters. The largest absolute Gasteiger partial charge is 0.748 e. The average Bonchev–Trinajstić information content (AvgIpc) is 1.73. The number of phosphoric acid groups is 3. The number of rotatable bonds is 25. The van der Waals surface area contributed by atoms with Crippen molar-refractivity contribution in [1.82, 2.24) is 14.9 Å². The number of hydrogen-bond donors (Lipinski definition) is 9. The summed E-state index contributed by atoms with van der Waals surface area (Å²) in [5, 5.41) is 24.0. The molecule has 4 aliphatic heterocycles. The quantitative estimate of drug-likeness (QED) is 0.0166. The Hall–Kier alpha value is -6.37. The van der Waals surface area contributed by atoms with Gasteiger partial charge in [-0.15, -0.1) is 0 Å². The highest BCUT2D eigenvalue weighted by molar-refractivity contribution is 7.86. The molecule has 9 N–H and O–H groups in total. The molecule has 0 saturated carbocycles. The lowest BCUT2D eigenvalue weighted by atomic mass is 9.75. The lowest BCUT2D eigenvalue weighted by Gasteiger charge is -2.43. The number of anilines is 1. The molecule has 33 heteroatoms. The number of carbonyl (C=O) groups is 1. The van der Waals surface area contributed by atoms with Crippen LogP contribution >= 0.6 is 23.5 Å². The van der Waals surface area contributed by atoms with E-state index >= 15 is 0 Å². The Kier molecular flexibility index (Phi) is 20.7. The maximum absolute atomic E-state index is 13.4. The second-order valence-corrected chi connectivity index (χ2v) is 29.2. The van der Waals surface area contributed by atoms with E-state index in [2.05, 4.69) is 69.3 Å². The van der Waals surface area contributed by atoms with Gasteiger partial charge in [0.1, 0.15) is 36.4 Å². The van der Waals surface area contributed by atoms with Gasteiger partial charge in [0.2, 0.25) is 11.6 Å². The molecule has 4 aromatic rings. The predicted molar refractivity (Wildman–Crippen MR) is 324 cm³/mol. The van der Waals surface area contributed by atoms with Gasteiger partial charge >= 0.3 is 29.2 Å². The van der Waals surface area contributed by atoms with Gasteiger partial charge in [-0.1, -0.05) is 72.9 Å². The molecule has 5 heterocycles. The van der Waals surface area contributed by atoms with Crippen molar-refractivity contribution in [2.24, 2.45) is 0 Å². The fourth-order valence-corrected chi connectivity index (χ4v) is 15.2. The number of amides is 1. The van der Waals surface area contributed by atoms with Gasteiger partial charge in [-0.2, -0.15) is 21.6 Å². The number of H-pyrrole nitrogens is 1. The van der Waals surface area contributed by atoms with Gasteiger partial charge in [-0.3, -0.25) is 28.2 Å². The van der Waals surface area contributed by atoms with Crippen molar-refractivity contribution in [3.63, 3.8) is 0 Å². The van der Waals surface area contributed by atoms with Gasteiger partial charge in [0.05, 0.1) is 38.1 Å². The van der Waals surface area contributed by atoms with Crippen molar-refractivity contribution in [3.8, 4) is 5.75 Å². The monoisotopic (exact) mass is 1330 g/mol. The van der Waals surface area contributed by atoms with E-state index in [0.29, 0.717) is 33.0 Å². The van der Waals surface area contributed by atoms with Gasteiger partial charge in [-0.25, -0.2) is 26.9 Å². The molecule has 3 unspecified atom stereocenters. The van der Waals surface area contributed by atoms with Crippen LogP contribution in [-0.4, -0.2) is 137 Å². The average molecular weight is 1330 g/mol. The second kappa shape index (κ2) is 26.8. The van der Waals surface area contributed by atoms with Crippen molar-refractivity contribution in [1.29, 1.82) is 0 Å². The van der Waals surface area contributed by atoms with E-state index in [1.54, 1.807) is 29.7 Å². The summed E-state index contributed by atoms with van der Waals surface area (Å²) < 4.78 is 132. The molecule has 1 amide bonds. The second-order valence-electron chi connectivity index (χ2n) is 21.8. The number of aromatic amines is 1. The van der Waals surface area contributed by atoms with Gasteiger partial charge in [0, 0.05) is 84.0 Å². The smallest absolute Gasteiger partial charge is 0.490 e. The lowest BCUT2D eigenvalue weighted by molar-refractivity contribution is -0.437. The molecule has 1 fully saturated rings. The standard InChI is InChI=1S/C56H66N5O23P3S2/c1-6-61-44-31-46-41(30-40(44)35(2)32-55(61,3)4)37(28-45(81-46)36-16-9-7-10-17-36)18-11-8-12-20-48-56(5,42-29-39(89(77,78)79)22-23-43(42)59(48)26-15-27-88(74,75)76)24-13-21-49(62)57-25-14-19-38-33-60(54(66)58-52(38)65)53-51(64)50(63)47(82-53)34-80-86(70,71)84-87(72,73)83-85(67,68)69/h7-12,14,16-20,22-23,28-33,47,50-51,53,63-64H,6,13,15,21,24-27,34H2,1-5H3,(H7-,57,58,62,65,66,67,68,69,70,71,72,73,74,75,76,77,78,79)/b19-14+/t47-,50-,51-,53-,56?/m1/s1. The minimum Gasteiger partial charge on any atom is -0.748 e. The van der Waals surface area contributed by atoms with Crippen LogP contribution in [0.3, 0.4) is 0 Å². The van der Waals surface area contributed by atoms with Crippen LogP contribution in [0.1, 0.15) is 94.3 Å². The summed E-state index contributed by atoms with van der Waals surface area (Å²) in [4.78, 5) is 79.8. The third-order valence-electron chi connectivity index (χ3n) is 15.0. The first kappa shape index (κ1) is 68.5. The van der Waals surface area contributed by atoms with Gasteiger partial charge in [-0.05, 0) is 82.9 Å². The van der Waals surface area contributed by atoms with E-state index < -0.39 is 108 Å². The number of ether oxygens (including phenoxy) is 2. The molecular weight excluding hydrogens is 1270 g/mol. The van der Waals surface area contributed by atoms with Crippen LogP contribution in [0.25, 0.3) is 23.0 Å². The number of aliphatic hydroxyl groups is 2. The Morgan fingerprint density at radius 1 is 0.910 bits per heavy atom. The van der Waals surface area contributed by atoms with Crippen molar-refractivity contribution < 1.29 is 101 Å². The molecule has 8 rings (SSSR count). The number of fused-ring (bicyclic) bond motifs is 3. The molecule has 1 saturated heterocycles. The van der Waals surface area contributed by atoms with Gasteiger partial charge in [0.15, 0.2) is 11.9 Å². The highest BCUT2D eigenvalue weighted by Gasteiger charge is 2.49. The highest BCUT2D eigenvalue weighted by atomic mass is 32.2. The fourth-order valence-electron chi connectivity index (χ4n) is 11.1. The molecule has 89 heavy (non-hydrogen) atoms. The predicted octanol–water partition coefficient (Wildman–Crippen LogP) is 5.69. The van der Waals surface area contributed by atoms with Crippen molar-refractivity contribution in [2.75, 3.05) is 36.9 Å². The third kappa shape index (κ3) is 16.6. The molecule has 0 aliphatic carbocycles. The topological polar surface area (TPSA) is 421 Å². The fraction of sp³-hybridized carbons (Fsp3) is 0.357. The third-order valence-corrected chi connectivity index (χ3v) is 20.5. The van der Waals surface area contributed by atoms with Crippen molar-refractivity contribution in [2.45, 2.75) is 101 Å². The van der Waals surface area contributed by atoms with Crippen LogP contribution < -0.4 is 26.2 Å². The molecule has 1 aromatic heterocycles. The number of benzene rings is 3. The van der Waals surface area contributed by atoms with Crippen molar-refractivity contribution >= 4 is 89.7 Å². The van der Waals surface area contributed by atoms with Crippen LogP contribution in [0, 0.1) is 0 Å². The summed E-state index contributed by atoms with van der Waals surface area (Å²) >= 11 is 0. The number of aromatic nitrogens is 2. The maximum atomic E-state index is 13.4. The number of aliphatic hydroxyl groups excluding tert-OH is 2. The van der Waals surface area contributed by atoms with Crippen LogP contribution in [-0.2, 0) is 62.0 Å². The zero-order valence-corrected chi connectivity index (χ0v) is 52.7. The molecule has 3 aromatic carbocycles. The Labute approximate surface area is 511 Å². The van der Waals surface area contributed by atoms with E-state index in [1.165, 1.54) is 30.4 Å². The number of nitrogens with one attached hydrogen (secondary N) is 2. The van der Waals surface area contributed by atoms with Gasteiger partial charge < -0.3 is 54.0 Å². The summed E-state index contributed by atoms with van der Waals surface area (Å²) in [6, 6.07) is 17.9. The molecule has 0 spiro atoms. The molecular formula is C56H66N5O23P3S2. The molecule has 480 valence electrons. The van der Waals surface area contributed by atoms with Crippen LogP contribution in [0.4, 0.5) is 11.4 Å². The summed E-state index contributed by atoms with van der Waals surface area (Å²) in [6.07, 6.45) is 9.36. The Morgan fingerprint density at radius 2 is 1.63 bits per heavy atom. The molecule has 0 radical (unpaired) electrons.